The molecule has 0 spiro atoms. The van der Waals surface area contributed by atoms with Crippen LogP contribution < -0.4 is 9.47 Å². The lowest BCUT2D eigenvalue weighted by molar-refractivity contribution is -0.140. The number of aromatic hydroxyl groups is 1. The SMILES string of the molecule is COC(=O)C[C@@H](c1ccc(C(=O)O)cc1)c1cc2c(cc1O)OCO2. The summed E-state index contributed by atoms with van der Waals surface area (Å²) < 4.78 is 15.3. The molecule has 1 atom stereocenters. The standard InChI is InChI=1S/C18H16O7/c1-23-17(20)7-12(10-2-4-11(5-3-10)18(21)22)13-6-15-16(8-14(13)19)25-9-24-15/h2-6,8,12,19H,7,9H2,1H3,(H,21,22)/t12-/m0/s1. The van der Waals surface area contributed by atoms with Gasteiger partial charge in [-0.3, -0.25) is 4.79 Å². The number of rotatable bonds is 5. The van der Waals surface area contributed by atoms with Crippen molar-refractivity contribution in [3.63, 3.8) is 0 Å². The van der Waals surface area contributed by atoms with Crippen LogP contribution in [0.1, 0.15) is 33.8 Å². The Morgan fingerprint density at radius 3 is 2.40 bits per heavy atom. The highest BCUT2D eigenvalue weighted by Gasteiger charge is 2.26. The molecule has 2 aromatic carbocycles. The maximum atomic E-state index is 11.8. The predicted molar refractivity (Wildman–Crippen MR) is 86.1 cm³/mol. The van der Waals surface area contributed by atoms with Crippen LogP contribution in [-0.4, -0.2) is 36.1 Å². The Hall–Kier alpha value is -3.22. The molecule has 0 bridgehead atoms. The molecule has 1 heterocycles. The Morgan fingerprint density at radius 1 is 1.16 bits per heavy atom. The number of methoxy groups -OCH3 is 1. The molecular weight excluding hydrogens is 328 g/mol. The average molecular weight is 344 g/mol. The van der Waals surface area contributed by atoms with Crippen molar-refractivity contribution in [2.24, 2.45) is 0 Å². The number of phenolic OH excluding ortho intramolecular Hbond substituents is 1. The van der Waals surface area contributed by atoms with Gasteiger partial charge in [0.2, 0.25) is 6.79 Å². The molecule has 0 radical (unpaired) electrons. The molecule has 0 unspecified atom stereocenters. The van der Waals surface area contributed by atoms with Gasteiger partial charge in [-0.1, -0.05) is 12.1 Å². The zero-order valence-electron chi connectivity index (χ0n) is 13.4. The summed E-state index contributed by atoms with van der Waals surface area (Å²) >= 11 is 0. The second-order valence-corrected chi connectivity index (χ2v) is 5.52. The van der Waals surface area contributed by atoms with Crippen LogP contribution in [0.3, 0.4) is 0 Å². The van der Waals surface area contributed by atoms with Crippen LogP contribution >= 0.6 is 0 Å². The summed E-state index contributed by atoms with van der Waals surface area (Å²) in [6, 6.07) is 9.18. The number of benzene rings is 2. The van der Waals surface area contributed by atoms with E-state index in [1.807, 2.05) is 0 Å². The lowest BCUT2D eigenvalue weighted by atomic mass is 9.87. The Kier molecular flexibility index (Phi) is 4.47. The van der Waals surface area contributed by atoms with Crippen molar-refractivity contribution in [1.82, 2.24) is 0 Å². The molecule has 0 aliphatic carbocycles. The van der Waals surface area contributed by atoms with Gasteiger partial charge in [-0.2, -0.15) is 0 Å². The molecule has 0 saturated carbocycles. The fraction of sp³-hybridized carbons (Fsp3) is 0.222. The number of ether oxygens (including phenoxy) is 3. The summed E-state index contributed by atoms with van der Waals surface area (Å²) in [5, 5.41) is 19.4. The fourth-order valence-corrected chi connectivity index (χ4v) is 2.74. The molecule has 130 valence electrons. The highest BCUT2D eigenvalue weighted by Crippen LogP contribution is 2.43. The summed E-state index contributed by atoms with van der Waals surface area (Å²) in [6.45, 7) is 0.0627. The van der Waals surface area contributed by atoms with Crippen molar-refractivity contribution in [2.45, 2.75) is 12.3 Å². The third kappa shape index (κ3) is 3.35. The first-order valence-electron chi connectivity index (χ1n) is 7.52. The first-order valence-corrected chi connectivity index (χ1v) is 7.52. The van der Waals surface area contributed by atoms with Crippen molar-refractivity contribution in [3.05, 3.63) is 53.1 Å². The van der Waals surface area contributed by atoms with Crippen molar-refractivity contribution >= 4 is 11.9 Å². The van der Waals surface area contributed by atoms with E-state index < -0.39 is 17.9 Å². The number of aromatic carboxylic acids is 1. The first kappa shape index (κ1) is 16.6. The number of phenols is 1. The third-order valence-electron chi connectivity index (χ3n) is 4.06. The van der Waals surface area contributed by atoms with Crippen LogP contribution in [0.4, 0.5) is 0 Å². The van der Waals surface area contributed by atoms with E-state index in [0.29, 0.717) is 22.6 Å². The molecule has 0 fully saturated rings. The number of carboxylic acid groups (broad SMARTS) is 1. The number of esters is 1. The largest absolute Gasteiger partial charge is 0.508 e. The minimum absolute atomic E-state index is 0.0177. The lowest BCUT2D eigenvalue weighted by Gasteiger charge is -2.19. The lowest BCUT2D eigenvalue weighted by Crippen LogP contribution is -2.11. The molecule has 7 nitrogen and oxygen atoms in total. The van der Waals surface area contributed by atoms with Crippen molar-refractivity contribution in [3.8, 4) is 17.2 Å². The van der Waals surface area contributed by atoms with Gasteiger partial charge < -0.3 is 24.4 Å². The van der Waals surface area contributed by atoms with Crippen molar-refractivity contribution < 1.29 is 34.0 Å². The number of carbonyl (C=O) groups is 2. The van der Waals surface area contributed by atoms with Crippen molar-refractivity contribution in [2.75, 3.05) is 13.9 Å². The Bertz CT molecular complexity index is 811. The molecule has 7 heteroatoms. The normalized spacial score (nSPS) is 13.3. The molecule has 2 aromatic rings. The van der Waals surface area contributed by atoms with Gasteiger partial charge in [-0.15, -0.1) is 0 Å². The van der Waals surface area contributed by atoms with Gasteiger partial charge in [0.15, 0.2) is 11.5 Å². The number of hydrogen-bond acceptors (Lipinski definition) is 6. The molecule has 0 saturated heterocycles. The van der Waals surface area contributed by atoms with Gasteiger partial charge in [0.25, 0.3) is 0 Å². The highest BCUT2D eigenvalue weighted by atomic mass is 16.7. The number of carbonyl (C=O) groups excluding carboxylic acids is 1. The van der Waals surface area contributed by atoms with Crippen LogP contribution in [0.5, 0.6) is 17.2 Å². The highest BCUT2D eigenvalue weighted by molar-refractivity contribution is 5.87. The molecule has 0 amide bonds. The molecule has 2 N–H and O–H groups in total. The van der Waals surface area contributed by atoms with Gasteiger partial charge in [0, 0.05) is 17.5 Å². The number of carboxylic acids is 1. The number of hydrogen-bond donors (Lipinski definition) is 2. The zero-order valence-corrected chi connectivity index (χ0v) is 13.4. The predicted octanol–water partition coefficient (Wildman–Crippen LogP) is 2.51. The van der Waals surface area contributed by atoms with Gasteiger partial charge in [-0.05, 0) is 23.8 Å². The Morgan fingerprint density at radius 2 is 1.80 bits per heavy atom. The fourth-order valence-electron chi connectivity index (χ4n) is 2.74. The maximum absolute atomic E-state index is 11.8. The van der Waals surface area contributed by atoms with Gasteiger partial charge in [0.1, 0.15) is 5.75 Å². The van der Waals surface area contributed by atoms with Crippen LogP contribution in [0.25, 0.3) is 0 Å². The monoisotopic (exact) mass is 344 g/mol. The summed E-state index contributed by atoms with van der Waals surface area (Å²) in [5.41, 5.74) is 1.28. The van der Waals surface area contributed by atoms with Gasteiger partial charge in [-0.25, -0.2) is 4.79 Å². The van der Waals surface area contributed by atoms with Crippen molar-refractivity contribution in [1.29, 1.82) is 0 Å². The van der Waals surface area contributed by atoms with Crippen LogP contribution in [0, 0.1) is 0 Å². The van der Waals surface area contributed by atoms with Crippen LogP contribution in [0.15, 0.2) is 36.4 Å². The molecule has 1 aliphatic heterocycles. The van der Waals surface area contributed by atoms with E-state index in [-0.39, 0.29) is 24.5 Å². The summed E-state index contributed by atoms with van der Waals surface area (Å²) in [5.74, 6) is -1.15. The zero-order chi connectivity index (χ0) is 18.0. The van der Waals surface area contributed by atoms with E-state index in [1.54, 1.807) is 18.2 Å². The molecule has 1 aliphatic rings. The van der Waals surface area contributed by atoms with E-state index in [2.05, 4.69) is 0 Å². The topological polar surface area (TPSA) is 102 Å². The molecule has 25 heavy (non-hydrogen) atoms. The first-order chi connectivity index (χ1) is 12.0. The van der Waals surface area contributed by atoms with Gasteiger partial charge in [0.05, 0.1) is 19.1 Å². The molecule has 0 aromatic heterocycles. The minimum Gasteiger partial charge on any atom is -0.508 e. The quantitative estimate of drug-likeness (QED) is 0.803. The summed E-state index contributed by atoms with van der Waals surface area (Å²) in [7, 11) is 1.28. The van der Waals surface area contributed by atoms with Gasteiger partial charge >= 0.3 is 11.9 Å². The Labute approximate surface area is 143 Å². The van der Waals surface area contributed by atoms with E-state index in [4.69, 9.17) is 19.3 Å². The smallest absolute Gasteiger partial charge is 0.335 e. The molecule has 3 rings (SSSR count). The summed E-state index contributed by atoms with van der Waals surface area (Å²) in [6.07, 6.45) is -0.0177. The average Bonchev–Trinajstić information content (AvgIpc) is 3.06. The third-order valence-corrected chi connectivity index (χ3v) is 4.06. The van der Waals surface area contributed by atoms with E-state index in [1.165, 1.54) is 25.3 Å². The second kappa shape index (κ2) is 6.72. The van der Waals surface area contributed by atoms with E-state index in [9.17, 15) is 14.7 Å². The Balaban J connectivity index is 2.03. The van der Waals surface area contributed by atoms with E-state index in [0.717, 1.165) is 0 Å². The van der Waals surface area contributed by atoms with Crippen LogP contribution in [-0.2, 0) is 9.53 Å². The number of fused-ring (bicyclic) bond motifs is 1. The van der Waals surface area contributed by atoms with E-state index >= 15 is 0 Å². The molecular formula is C18H16O7. The minimum atomic E-state index is -1.04. The second-order valence-electron chi connectivity index (χ2n) is 5.52. The summed E-state index contributed by atoms with van der Waals surface area (Å²) in [4.78, 5) is 22.8. The van der Waals surface area contributed by atoms with Crippen LogP contribution in [0.2, 0.25) is 0 Å². The maximum Gasteiger partial charge on any atom is 0.335 e.